The number of aromatic nitrogens is 2. The van der Waals surface area contributed by atoms with E-state index in [4.69, 9.17) is 9.47 Å². The fourth-order valence-electron chi connectivity index (χ4n) is 4.53. The summed E-state index contributed by atoms with van der Waals surface area (Å²) in [5.41, 5.74) is 1.07. The molecule has 5 rings (SSSR count). The zero-order valence-electron chi connectivity index (χ0n) is 18.2. The Balaban J connectivity index is 1.44. The van der Waals surface area contributed by atoms with E-state index in [0.29, 0.717) is 38.5 Å². The Morgan fingerprint density at radius 3 is 2.75 bits per heavy atom. The monoisotopic (exact) mass is 436 g/mol. The average molecular weight is 437 g/mol. The first-order chi connectivity index (χ1) is 15.6. The van der Waals surface area contributed by atoms with E-state index in [2.05, 4.69) is 10.4 Å². The van der Waals surface area contributed by atoms with Crippen molar-refractivity contribution in [2.75, 3.05) is 26.3 Å². The number of benzene rings is 1. The van der Waals surface area contributed by atoms with Gasteiger partial charge in [0.15, 0.2) is 11.4 Å². The molecule has 2 bridgehead atoms. The predicted octanol–water partition coefficient (Wildman–Crippen LogP) is 2.34. The van der Waals surface area contributed by atoms with E-state index in [1.54, 1.807) is 17.8 Å². The van der Waals surface area contributed by atoms with E-state index in [0.717, 1.165) is 18.5 Å². The Labute approximate surface area is 187 Å². The van der Waals surface area contributed by atoms with Crippen molar-refractivity contribution in [1.29, 1.82) is 0 Å². The number of carbonyl (C=O) groups is 2. The Bertz CT molecular complexity index is 1030. The molecule has 1 N–H and O–H groups in total. The van der Waals surface area contributed by atoms with E-state index in [1.807, 2.05) is 47.4 Å². The van der Waals surface area contributed by atoms with Gasteiger partial charge in [0.2, 0.25) is 0 Å². The quantitative estimate of drug-likeness (QED) is 0.694. The van der Waals surface area contributed by atoms with E-state index in [-0.39, 0.29) is 29.0 Å². The second-order valence-corrected chi connectivity index (χ2v) is 8.81. The van der Waals surface area contributed by atoms with Crippen molar-refractivity contribution in [1.82, 2.24) is 20.0 Å². The summed E-state index contributed by atoms with van der Waals surface area (Å²) >= 11 is 0. The SMILES string of the molecule is CC1OCC/C=C/COc2cn(-c3ccccc3)nc2C(=O)NC2CN(CC23CC3)C1=O. The van der Waals surface area contributed by atoms with Crippen LogP contribution in [-0.4, -0.2) is 64.9 Å². The summed E-state index contributed by atoms with van der Waals surface area (Å²) in [5, 5.41) is 7.69. The summed E-state index contributed by atoms with van der Waals surface area (Å²) < 4.78 is 13.3. The molecule has 1 aliphatic carbocycles. The van der Waals surface area contributed by atoms with Crippen molar-refractivity contribution in [3.8, 4) is 11.4 Å². The number of carbonyl (C=O) groups excluding carboxylic acids is 2. The number of para-hydroxylation sites is 1. The average Bonchev–Trinajstić information content (AvgIpc) is 3.31. The maximum atomic E-state index is 13.3. The molecule has 3 aliphatic rings. The van der Waals surface area contributed by atoms with Crippen molar-refractivity contribution < 1.29 is 19.1 Å². The normalized spacial score (nSPS) is 26.3. The number of hydrogen-bond donors (Lipinski definition) is 1. The standard InChI is InChI=1S/C24H28N4O4/c1-17-23(30)27-15-20(24(16-27)10-11-24)25-22(29)21-19(32-13-7-3-6-12-31-17)14-28(26-21)18-8-4-2-5-9-18/h2-5,7-9,14,17,20H,6,10-13,15-16H2,1H3,(H,25,29)/b7-3+. The van der Waals surface area contributed by atoms with Gasteiger partial charge < -0.3 is 19.7 Å². The molecule has 1 aromatic carbocycles. The van der Waals surface area contributed by atoms with Gasteiger partial charge in [-0.25, -0.2) is 4.68 Å². The molecule has 2 fully saturated rings. The Hall–Kier alpha value is -3.13. The summed E-state index contributed by atoms with van der Waals surface area (Å²) in [4.78, 5) is 28.0. The highest BCUT2D eigenvalue weighted by atomic mass is 16.5. The number of fused-ring (bicyclic) bond motifs is 4. The number of hydrogen-bond acceptors (Lipinski definition) is 5. The molecule has 8 nitrogen and oxygen atoms in total. The van der Waals surface area contributed by atoms with Gasteiger partial charge in [0.1, 0.15) is 12.7 Å². The first-order valence-corrected chi connectivity index (χ1v) is 11.2. The molecule has 2 atom stereocenters. The van der Waals surface area contributed by atoms with Crippen LogP contribution in [0.3, 0.4) is 0 Å². The lowest BCUT2D eigenvalue weighted by Crippen LogP contribution is -2.43. The summed E-state index contributed by atoms with van der Waals surface area (Å²) in [5.74, 6) is 0.144. The molecule has 2 amide bonds. The van der Waals surface area contributed by atoms with Gasteiger partial charge in [0.05, 0.1) is 24.5 Å². The van der Waals surface area contributed by atoms with Gasteiger partial charge in [-0.15, -0.1) is 0 Å². The lowest BCUT2D eigenvalue weighted by Gasteiger charge is -2.21. The van der Waals surface area contributed by atoms with Crippen LogP contribution in [0.2, 0.25) is 0 Å². The molecule has 2 aromatic rings. The molecule has 8 heteroatoms. The number of amides is 2. The molecule has 168 valence electrons. The Morgan fingerprint density at radius 1 is 1.16 bits per heavy atom. The fourth-order valence-corrected chi connectivity index (χ4v) is 4.53. The molecule has 2 aliphatic heterocycles. The van der Waals surface area contributed by atoms with Crippen LogP contribution in [-0.2, 0) is 9.53 Å². The highest BCUT2D eigenvalue weighted by Crippen LogP contribution is 2.53. The maximum absolute atomic E-state index is 13.3. The van der Waals surface area contributed by atoms with Gasteiger partial charge in [0, 0.05) is 18.5 Å². The summed E-state index contributed by atoms with van der Waals surface area (Å²) in [7, 11) is 0. The highest BCUT2D eigenvalue weighted by Gasteiger charge is 2.57. The van der Waals surface area contributed by atoms with Gasteiger partial charge in [-0.2, -0.15) is 5.10 Å². The van der Waals surface area contributed by atoms with E-state index >= 15 is 0 Å². The van der Waals surface area contributed by atoms with Crippen molar-refractivity contribution >= 4 is 11.8 Å². The summed E-state index contributed by atoms with van der Waals surface area (Å²) in [6.45, 7) is 3.74. The molecule has 3 heterocycles. The van der Waals surface area contributed by atoms with Crippen LogP contribution in [0.15, 0.2) is 48.7 Å². The molecular weight excluding hydrogens is 408 g/mol. The fraction of sp³-hybridized carbons (Fsp3) is 0.458. The van der Waals surface area contributed by atoms with E-state index in [1.165, 1.54) is 0 Å². The van der Waals surface area contributed by atoms with Crippen LogP contribution in [0.4, 0.5) is 0 Å². The van der Waals surface area contributed by atoms with Gasteiger partial charge in [0.25, 0.3) is 11.8 Å². The largest absolute Gasteiger partial charge is 0.485 e. The van der Waals surface area contributed by atoms with Crippen molar-refractivity contribution in [2.24, 2.45) is 5.41 Å². The molecule has 2 unspecified atom stereocenters. The van der Waals surface area contributed by atoms with Gasteiger partial charge in [-0.1, -0.05) is 30.4 Å². The number of nitrogens with zero attached hydrogens (tertiary/aromatic N) is 3. The van der Waals surface area contributed by atoms with Crippen LogP contribution in [0, 0.1) is 5.41 Å². The second-order valence-electron chi connectivity index (χ2n) is 8.81. The van der Waals surface area contributed by atoms with Crippen molar-refractivity contribution in [3.63, 3.8) is 0 Å². The van der Waals surface area contributed by atoms with Gasteiger partial charge in [-0.05, 0) is 38.3 Å². The Kier molecular flexibility index (Phi) is 5.46. The molecule has 1 spiro atoms. The minimum atomic E-state index is -0.494. The third kappa shape index (κ3) is 4.02. The summed E-state index contributed by atoms with van der Waals surface area (Å²) in [6.07, 6.45) is 7.77. The third-order valence-corrected chi connectivity index (χ3v) is 6.58. The van der Waals surface area contributed by atoms with Crippen molar-refractivity contribution in [3.05, 3.63) is 54.4 Å². The zero-order valence-corrected chi connectivity index (χ0v) is 18.2. The van der Waals surface area contributed by atoms with E-state index < -0.39 is 6.10 Å². The van der Waals surface area contributed by atoms with Crippen LogP contribution < -0.4 is 10.1 Å². The second kappa shape index (κ2) is 8.43. The van der Waals surface area contributed by atoms with Crippen LogP contribution in [0.1, 0.15) is 36.7 Å². The molecule has 1 saturated carbocycles. The Morgan fingerprint density at radius 2 is 1.97 bits per heavy atom. The number of nitrogens with one attached hydrogen (secondary N) is 1. The van der Waals surface area contributed by atoms with Crippen molar-refractivity contribution in [2.45, 2.75) is 38.3 Å². The predicted molar refractivity (Wildman–Crippen MR) is 118 cm³/mol. The molecule has 1 aromatic heterocycles. The minimum absolute atomic E-state index is 0.0125. The topological polar surface area (TPSA) is 85.7 Å². The van der Waals surface area contributed by atoms with Crippen LogP contribution in [0.25, 0.3) is 5.69 Å². The number of rotatable bonds is 1. The molecule has 32 heavy (non-hydrogen) atoms. The first-order valence-electron chi connectivity index (χ1n) is 11.2. The zero-order chi connectivity index (χ0) is 22.1. The maximum Gasteiger partial charge on any atom is 0.275 e. The lowest BCUT2D eigenvalue weighted by atomic mass is 10.0. The first kappa shape index (κ1) is 20.8. The van der Waals surface area contributed by atoms with E-state index in [9.17, 15) is 9.59 Å². The molecule has 1 saturated heterocycles. The van der Waals surface area contributed by atoms with Gasteiger partial charge in [-0.3, -0.25) is 9.59 Å². The highest BCUT2D eigenvalue weighted by molar-refractivity contribution is 5.95. The number of ether oxygens (including phenoxy) is 2. The van der Waals surface area contributed by atoms with Crippen LogP contribution >= 0.6 is 0 Å². The van der Waals surface area contributed by atoms with Crippen LogP contribution in [0.5, 0.6) is 5.75 Å². The third-order valence-electron chi connectivity index (χ3n) is 6.58. The lowest BCUT2D eigenvalue weighted by molar-refractivity contribution is -0.141. The molecular formula is C24H28N4O4. The smallest absolute Gasteiger partial charge is 0.275 e. The molecule has 0 radical (unpaired) electrons. The summed E-state index contributed by atoms with van der Waals surface area (Å²) in [6, 6.07) is 9.52. The van der Waals surface area contributed by atoms with Gasteiger partial charge >= 0.3 is 0 Å². The minimum Gasteiger partial charge on any atom is -0.485 e.